The molecule has 1 atom stereocenters. The summed E-state index contributed by atoms with van der Waals surface area (Å²) in [4.78, 5) is 20.2. The van der Waals surface area contributed by atoms with Gasteiger partial charge >= 0.3 is 0 Å². The minimum atomic E-state index is 0.116. The first-order chi connectivity index (χ1) is 10.6. The minimum absolute atomic E-state index is 0.116. The summed E-state index contributed by atoms with van der Waals surface area (Å²) in [6, 6.07) is 7.92. The largest absolute Gasteiger partial charge is 0.350 e. The summed E-state index contributed by atoms with van der Waals surface area (Å²) in [6.07, 6.45) is 1.10. The summed E-state index contributed by atoms with van der Waals surface area (Å²) in [5.41, 5.74) is 1.69. The number of likely N-dealkylation sites (tertiary alicyclic amines) is 1. The first kappa shape index (κ1) is 15.6. The molecule has 2 aromatic rings. The van der Waals surface area contributed by atoms with E-state index in [2.05, 4.69) is 39.8 Å². The average Bonchev–Trinajstić information content (AvgIpc) is 3.14. The first-order valence-corrected chi connectivity index (χ1v) is 8.63. The smallest absolute Gasteiger partial charge is 0.270 e. The van der Waals surface area contributed by atoms with Crippen molar-refractivity contribution in [3.63, 3.8) is 0 Å². The number of nitrogens with zero attached hydrogens (tertiary/aromatic N) is 2. The Morgan fingerprint density at radius 1 is 1.50 bits per heavy atom. The van der Waals surface area contributed by atoms with E-state index in [0.717, 1.165) is 48.0 Å². The Balaban J connectivity index is 1.72. The van der Waals surface area contributed by atoms with E-state index >= 15 is 0 Å². The van der Waals surface area contributed by atoms with Gasteiger partial charge in [-0.3, -0.25) is 4.79 Å². The molecule has 1 N–H and O–H groups in total. The van der Waals surface area contributed by atoms with E-state index in [1.807, 2.05) is 29.2 Å². The number of nitrogens with one attached hydrogen (secondary N) is 1. The number of fused-ring (bicyclic) bond motifs is 1. The lowest BCUT2D eigenvalue weighted by atomic mass is 10.1. The molecular weight excluding hydrogens is 342 g/mol. The Bertz CT molecular complexity index is 682. The summed E-state index contributed by atoms with van der Waals surface area (Å²) in [5.74, 6) is 0.703. The van der Waals surface area contributed by atoms with Crippen molar-refractivity contribution in [1.82, 2.24) is 14.8 Å². The predicted molar refractivity (Wildman–Crippen MR) is 93.2 cm³/mol. The normalized spacial score (nSPS) is 18.5. The standard InChI is InChI=1S/C17H22BrN3O/c1-3-20(2)10-12-7-8-21(11-12)17(22)16-9-13-14(18)5-4-6-15(13)19-16/h4-6,9,12,19H,3,7-8,10-11H2,1-2H3. The van der Waals surface area contributed by atoms with Crippen molar-refractivity contribution in [2.24, 2.45) is 5.92 Å². The van der Waals surface area contributed by atoms with Gasteiger partial charge in [0.05, 0.1) is 0 Å². The maximum atomic E-state index is 12.7. The van der Waals surface area contributed by atoms with Crippen LogP contribution in [0.4, 0.5) is 0 Å². The van der Waals surface area contributed by atoms with Gasteiger partial charge in [-0.1, -0.05) is 28.9 Å². The molecule has 118 valence electrons. The van der Waals surface area contributed by atoms with Crippen molar-refractivity contribution in [3.8, 4) is 0 Å². The highest BCUT2D eigenvalue weighted by Crippen LogP contribution is 2.26. The zero-order valence-corrected chi connectivity index (χ0v) is 14.7. The number of aromatic amines is 1. The van der Waals surface area contributed by atoms with Crippen LogP contribution < -0.4 is 0 Å². The number of halogens is 1. The first-order valence-electron chi connectivity index (χ1n) is 7.83. The van der Waals surface area contributed by atoms with E-state index in [-0.39, 0.29) is 5.91 Å². The molecule has 0 bridgehead atoms. The number of H-pyrrole nitrogens is 1. The van der Waals surface area contributed by atoms with E-state index in [1.165, 1.54) is 0 Å². The van der Waals surface area contributed by atoms with Gasteiger partial charge < -0.3 is 14.8 Å². The van der Waals surface area contributed by atoms with Gasteiger partial charge in [0.2, 0.25) is 0 Å². The Kier molecular flexibility index (Phi) is 4.54. The minimum Gasteiger partial charge on any atom is -0.350 e. The summed E-state index contributed by atoms with van der Waals surface area (Å²) >= 11 is 3.54. The lowest BCUT2D eigenvalue weighted by Gasteiger charge is -2.20. The van der Waals surface area contributed by atoms with Crippen molar-refractivity contribution >= 4 is 32.7 Å². The molecule has 0 aliphatic carbocycles. The number of hydrogen-bond acceptors (Lipinski definition) is 2. The fourth-order valence-electron chi connectivity index (χ4n) is 3.14. The Morgan fingerprint density at radius 3 is 3.05 bits per heavy atom. The third-order valence-corrected chi connectivity index (χ3v) is 5.22. The van der Waals surface area contributed by atoms with Gasteiger partial charge in [0.15, 0.2) is 0 Å². The van der Waals surface area contributed by atoms with Gasteiger partial charge in [-0.25, -0.2) is 0 Å². The average molecular weight is 364 g/mol. The van der Waals surface area contributed by atoms with Crippen molar-refractivity contribution in [1.29, 1.82) is 0 Å². The van der Waals surface area contributed by atoms with E-state index in [9.17, 15) is 4.79 Å². The van der Waals surface area contributed by atoms with Crippen molar-refractivity contribution in [2.75, 3.05) is 33.2 Å². The molecule has 3 rings (SSSR count). The highest BCUT2D eigenvalue weighted by atomic mass is 79.9. The summed E-state index contributed by atoms with van der Waals surface area (Å²) in [5, 5.41) is 1.06. The second-order valence-electron chi connectivity index (χ2n) is 6.14. The number of carbonyl (C=O) groups is 1. The second-order valence-corrected chi connectivity index (χ2v) is 7.00. The molecule has 1 amide bonds. The Morgan fingerprint density at radius 2 is 2.32 bits per heavy atom. The van der Waals surface area contributed by atoms with Crippen LogP contribution in [-0.4, -0.2) is 53.9 Å². The van der Waals surface area contributed by atoms with Crippen molar-refractivity contribution in [2.45, 2.75) is 13.3 Å². The van der Waals surface area contributed by atoms with Crippen LogP contribution in [0.1, 0.15) is 23.8 Å². The molecule has 1 aromatic heterocycles. The van der Waals surface area contributed by atoms with Gasteiger partial charge in [0.25, 0.3) is 5.91 Å². The molecule has 2 heterocycles. The number of amides is 1. The Labute approximate surface area is 139 Å². The van der Waals surface area contributed by atoms with Crippen molar-refractivity contribution < 1.29 is 4.79 Å². The van der Waals surface area contributed by atoms with Gasteiger partial charge in [-0.2, -0.15) is 0 Å². The van der Waals surface area contributed by atoms with Gasteiger partial charge in [0.1, 0.15) is 5.69 Å². The molecule has 0 saturated carbocycles. The van der Waals surface area contributed by atoms with Crippen LogP contribution in [0, 0.1) is 5.92 Å². The topological polar surface area (TPSA) is 39.3 Å². The van der Waals surface area contributed by atoms with Crippen LogP contribution in [0.3, 0.4) is 0 Å². The molecule has 4 nitrogen and oxygen atoms in total. The number of rotatable bonds is 4. The van der Waals surface area contributed by atoms with E-state index < -0.39 is 0 Å². The van der Waals surface area contributed by atoms with Crippen LogP contribution in [0.5, 0.6) is 0 Å². The molecule has 22 heavy (non-hydrogen) atoms. The van der Waals surface area contributed by atoms with Crippen LogP contribution in [0.25, 0.3) is 10.9 Å². The highest BCUT2D eigenvalue weighted by molar-refractivity contribution is 9.10. The summed E-state index contributed by atoms with van der Waals surface area (Å²) in [7, 11) is 2.14. The van der Waals surface area contributed by atoms with Gasteiger partial charge in [-0.15, -0.1) is 0 Å². The summed E-state index contributed by atoms with van der Waals surface area (Å²) in [6.45, 7) is 6.01. The zero-order chi connectivity index (χ0) is 15.7. The summed E-state index contributed by atoms with van der Waals surface area (Å²) < 4.78 is 1.02. The molecule has 5 heteroatoms. The molecule has 1 fully saturated rings. The number of benzene rings is 1. The van der Waals surface area contributed by atoms with Crippen molar-refractivity contribution in [3.05, 3.63) is 34.4 Å². The van der Waals surface area contributed by atoms with Gasteiger partial charge in [0, 0.05) is 35.0 Å². The lowest BCUT2D eigenvalue weighted by Crippen LogP contribution is -2.31. The molecule has 1 unspecified atom stereocenters. The second kappa shape index (κ2) is 6.42. The fraction of sp³-hybridized carbons (Fsp3) is 0.471. The zero-order valence-electron chi connectivity index (χ0n) is 13.1. The number of carbonyl (C=O) groups excluding carboxylic acids is 1. The molecule has 1 saturated heterocycles. The third-order valence-electron chi connectivity index (χ3n) is 4.52. The van der Waals surface area contributed by atoms with Crippen LogP contribution >= 0.6 is 15.9 Å². The third kappa shape index (κ3) is 3.06. The maximum absolute atomic E-state index is 12.7. The van der Waals surface area contributed by atoms with Gasteiger partial charge in [-0.05, 0) is 44.1 Å². The number of hydrogen-bond donors (Lipinski definition) is 1. The molecule has 0 radical (unpaired) electrons. The quantitative estimate of drug-likeness (QED) is 0.904. The van der Waals surface area contributed by atoms with E-state index in [1.54, 1.807) is 0 Å². The van der Waals surface area contributed by atoms with Crippen LogP contribution in [0.2, 0.25) is 0 Å². The molecule has 1 aliphatic heterocycles. The highest BCUT2D eigenvalue weighted by Gasteiger charge is 2.28. The number of aromatic nitrogens is 1. The van der Waals surface area contributed by atoms with E-state index in [4.69, 9.17) is 0 Å². The Hall–Kier alpha value is -1.33. The predicted octanol–water partition coefficient (Wildman–Crippen LogP) is 3.34. The monoisotopic (exact) mass is 363 g/mol. The maximum Gasteiger partial charge on any atom is 0.270 e. The molecule has 0 spiro atoms. The molecule has 1 aliphatic rings. The lowest BCUT2D eigenvalue weighted by molar-refractivity contribution is 0.0780. The van der Waals surface area contributed by atoms with E-state index in [0.29, 0.717) is 11.6 Å². The van der Waals surface area contributed by atoms with Crippen LogP contribution in [-0.2, 0) is 0 Å². The fourth-order valence-corrected chi connectivity index (χ4v) is 3.62. The molecular formula is C17H22BrN3O. The SMILES string of the molecule is CCN(C)CC1CCN(C(=O)c2cc3c(Br)cccc3[nH]2)C1. The molecule has 1 aromatic carbocycles. The van der Waals surface area contributed by atoms with Crippen LogP contribution in [0.15, 0.2) is 28.7 Å².